The fourth-order valence-corrected chi connectivity index (χ4v) is 3.07. The van der Waals surface area contributed by atoms with E-state index in [-0.39, 0.29) is 0 Å². The van der Waals surface area contributed by atoms with E-state index in [2.05, 4.69) is 17.1 Å². The molecule has 2 atom stereocenters. The molecule has 0 saturated carbocycles. The zero-order valence-electron chi connectivity index (χ0n) is 10.2. The molecule has 2 unspecified atom stereocenters. The highest BCUT2D eigenvalue weighted by atomic mass is 15.2. The molecule has 0 bridgehead atoms. The summed E-state index contributed by atoms with van der Waals surface area (Å²) in [6.45, 7) is 7.57. The molecule has 0 aliphatic carbocycles. The van der Waals surface area contributed by atoms with Crippen LogP contribution in [0.1, 0.15) is 45.4 Å². The lowest BCUT2D eigenvalue weighted by molar-refractivity contribution is 0.113. The van der Waals surface area contributed by atoms with Crippen LogP contribution in [-0.4, -0.2) is 37.1 Å². The van der Waals surface area contributed by atoms with Gasteiger partial charge in [0.05, 0.1) is 0 Å². The summed E-state index contributed by atoms with van der Waals surface area (Å²) in [6.07, 6.45) is 8.57. The van der Waals surface area contributed by atoms with Crippen molar-refractivity contribution in [3.63, 3.8) is 0 Å². The summed E-state index contributed by atoms with van der Waals surface area (Å²) in [6, 6.07) is 0.817. The second kappa shape index (κ2) is 5.86. The molecule has 2 aliphatic heterocycles. The van der Waals surface area contributed by atoms with E-state index in [0.717, 1.165) is 12.0 Å². The van der Waals surface area contributed by atoms with Gasteiger partial charge in [0.1, 0.15) is 0 Å². The highest BCUT2D eigenvalue weighted by Gasteiger charge is 2.26. The molecule has 2 rings (SSSR count). The Bertz CT molecular complexity index is 173. The monoisotopic (exact) mass is 210 g/mol. The maximum Gasteiger partial charge on any atom is 0.0246 e. The molecule has 2 heteroatoms. The van der Waals surface area contributed by atoms with Crippen molar-refractivity contribution < 1.29 is 0 Å². The number of hydrogen-bond acceptors (Lipinski definition) is 2. The van der Waals surface area contributed by atoms with Crippen LogP contribution in [-0.2, 0) is 0 Å². The van der Waals surface area contributed by atoms with E-state index in [4.69, 9.17) is 0 Å². The molecule has 15 heavy (non-hydrogen) atoms. The van der Waals surface area contributed by atoms with E-state index in [1.54, 1.807) is 0 Å². The van der Waals surface area contributed by atoms with Crippen LogP contribution in [0.15, 0.2) is 0 Å². The number of rotatable bonds is 1. The van der Waals surface area contributed by atoms with E-state index in [9.17, 15) is 0 Å². The molecule has 1 N–H and O–H groups in total. The minimum atomic E-state index is 0.817. The molecule has 2 heterocycles. The Morgan fingerprint density at radius 2 is 1.67 bits per heavy atom. The minimum absolute atomic E-state index is 0.817. The first-order chi connectivity index (χ1) is 7.38. The first-order valence-corrected chi connectivity index (χ1v) is 6.82. The molecule has 2 fully saturated rings. The van der Waals surface area contributed by atoms with Gasteiger partial charge in [-0.3, -0.25) is 4.90 Å². The summed E-state index contributed by atoms with van der Waals surface area (Å²) in [4.78, 5) is 2.76. The molecule has 2 saturated heterocycles. The maximum absolute atomic E-state index is 3.56. The third-order valence-corrected chi connectivity index (χ3v) is 4.15. The molecule has 88 valence electrons. The molecule has 0 aromatic heterocycles. The van der Waals surface area contributed by atoms with Gasteiger partial charge in [-0.25, -0.2) is 0 Å². The van der Waals surface area contributed by atoms with Crippen molar-refractivity contribution in [3.05, 3.63) is 0 Å². The van der Waals surface area contributed by atoms with Crippen LogP contribution in [0.2, 0.25) is 0 Å². The highest BCUT2D eigenvalue weighted by Crippen LogP contribution is 2.20. The molecule has 0 amide bonds. The summed E-state index contributed by atoms with van der Waals surface area (Å²) in [5.74, 6) is 0.894. The van der Waals surface area contributed by atoms with Crippen LogP contribution in [0.3, 0.4) is 0 Å². The number of hydrogen-bond donors (Lipinski definition) is 1. The van der Waals surface area contributed by atoms with Crippen LogP contribution in [0.4, 0.5) is 0 Å². The SMILES string of the molecule is CC1CCNCC1N1CCCCCCC1. The second-order valence-corrected chi connectivity index (χ2v) is 5.34. The maximum atomic E-state index is 3.56. The molecule has 0 aromatic carbocycles. The molecule has 0 spiro atoms. The van der Waals surface area contributed by atoms with Gasteiger partial charge in [0.15, 0.2) is 0 Å². The van der Waals surface area contributed by atoms with Gasteiger partial charge < -0.3 is 5.32 Å². The van der Waals surface area contributed by atoms with E-state index < -0.39 is 0 Å². The van der Waals surface area contributed by atoms with Crippen molar-refractivity contribution in [2.24, 2.45) is 5.92 Å². The Morgan fingerprint density at radius 3 is 2.33 bits per heavy atom. The summed E-state index contributed by atoms with van der Waals surface area (Å²) in [5.41, 5.74) is 0. The summed E-state index contributed by atoms with van der Waals surface area (Å²) in [7, 11) is 0. The van der Waals surface area contributed by atoms with Crippen LogP contribution in [0.5, 0.6) is 0 Å². The van der Waals surface area contributed by atoms with Gasteiger partial charge in [-0.15, -0.1) is 0 Å². The third-order valence-electron chi connectivity index (χ3n) is 4.15. The summed E-state index contributed by atoms with van der Waals surface area (Å²) in [5, 5.41) is 3.56. The fourth-order valence-electron chi connectivity index (χ4n) is 3.07. The summed E-state index contributed by atoms with van der Waals surface area (Å²) < 4.78 is 0. The van der Waals surface area contributed by atoms with Crippen molar-refractivity contribution in [1.29, 1.82) is 0 Å². The molecular formula is C13H26N2. The largest absolute Gasteiger partial charge is 0.315 e. The van der Waals surface area contributed by atoms with Crippen molar-refractivity contribution in [2.45, 2.75) is 51.5 Å². The smallest absolute Gasteiger partial charge is 0.0246 e. The minimum Gasteiger partial charge on any atom is -0.315 e. The zero-order chi connectivity index (χ0) is 10.5. The van der Waals surface area contributed by atoms with Gasteiger partial charge in [0.25, 0.3) is 0 Å². The Labute approximate surface area is 94.4 Å². The first kappa shape index (κ1) is 11.4. The first-order valence-electron chi connectivity index (χ1n) is 6.82. The standard InChI is InChI=1S/C13H26N2/c1-12-7-8-14-11-13(12)15-9-5-3-2-4-6-10-15/h12-14H,2-11H2,1H3. The van der Waals surface area contributed by atoms with Crippen molar-refractivity contribution in [3.8, 4) is 0 Å². The Hall–Kier alpha value is -0.0800. The van der Waals surface area contributed by atoms with Gasteiger partial charge in [-0.05, 0) is 44.8 Å². The molecule has 2 nitrogen and oxygen atoms in total. The molecular weight excluding hydrogens is 184 g/mol. The van der Waals surface area contributed by atoms with Gasteiger partial charge in [0, 0.05) is 12.6 Å². The average molecular weight is 210 g/mol. The van der Waals surface area contributed by atoms with Crippen LogP contribution in [0, 0.1) is 5.92 Å². The van der Waals surface area contributed by atoms with Gasteiger partial charge in [-0.1, -0.05) is 26.2 Å². The van der Waals surface area contributed by atoms with Crippen molar-refractivity contribution in [1.82, 2.24) is 10.2 Å². The number of piperidine rings is 1. The molecule has 0 radical (unpaired) electrons. The highest BCUT2D eigenvalue weighted by molar-refractivity contribution is 4.84. The molecule has 0 aromatic rings. The van der Waals surface area contributed by atoms with E-state index in [1.807, 2.05) is 0 Å². The fraction of sp³-hybridized carbons (Fsp3) is 1.00. The molecule has 2 aliphatic rings. The van der Waals surface area contributed by atoms with Crippen LogP contribution in [0.25, 0.3) is 0 Å². The topological polar surface area (TPSA) is 15.3 Å². The van der Waals surface area contributed by atoms with Crippen molar-refractivity contribution in [2.75, 3.05) is 26.2 Å². The van der Waals surface area contributed by atoms with Crippen LogP contribution >= 0.6 is 0 Å². The second-order valence-electron chi connectivity index (χ2n) is 5.34. The lowest BCUT2D eigenvalue weighted by Gasteiger charge is -2.39. The van der Waals surface area contributed by atoms with E-state index in [1.165, 1.54) is 64.7 Å². The summed E-state index contributed by atoms with van der Waals surface area (Å²) >= 11 is 0. The quantitative estimate of drug-likeness (QED) is 0.714. The average Bonchev–Trinajstić information content (AvgIpc) is 2.19. The van der Waals surface area contributed by atoms with E-state index in [0.29, 0.717) is 0 Å². The predicted molar refractivity (Wildman–Crippen MR) is 65.1 cm³/mol. The Morgan fingerprint density at radius 1 is 1.00 bits per heavy atom. The van der Waals surface area contributed by atoms with Gasteiger partial charge in [0.2, 0.25) is 0 Å². The predicted octanol–water partition coefficient (Wildman–Crippen LogP) is 2.25. The van der Waals surface area contributed by atoms with Crippen LogP contribution < -0.4 is 5.32 Å². The lowest BCUT2D eigenvalue weighted by atomic mass is 9.92. The van der Waals surface area contributed by atoms with Gasteiger partial charge >= 0.3 is 0 Å². The Kier molecular flexibility index (Phi) is 4.45. The Balaban J connectivity index is 1.87. The lowest BCUT2D eigenvalue weighted by Crippen LogP contribution is -2.51. The van der Waals surface area contributed by atoms with Crippen molar-refractivity contribution >= 4 is 0 Å². The number of nitrogens with one attached hydrogen (secondary N) is 1. The number of likely N-dealkylation sites (tertiary alicyclic amines) is 1. The third kappa shape index (κ3) is 3.18. The van der Waals surface area contributed by atoms with Gasteiger partial charge in [-0.2, -0.15) is 0 Å². The zero-order valence-corrected chi connectivity index (χ0v) is 10.2. The normalized spacial score (nSPS) is 35.8. The number of nitrogens with zero attached hydrogens (tertiary/aromatic N) is 1. The van der Waals surface area contributed by atoms with E-state index >= 15 is 0 Å².